The molecule has 1 aliphatic heterocycles. The summed E-state index contributed by atoms with van der Waals surface area (Å²) in [6.07, 6.45) is 3.04. The van der Waals surface area contributed by atoms with Gasteiger partial charge in [0.05, 0.1) is 10.6 Å². The van der Waals surface area contributed by atoms with Crippen molar-refractivity contribution >= 4 is 21.6 Å². The van der Waals surface area contributed by atoms with E-state index in [1.165, 1.54) is 24.3 Å². The molecular formula is C18H18F2N2O3S. The van der Waals surface area contributed by atoms with Gasteiger partial charge in [-0.2, -0.15) is 0 Å². The van der Waals surface area contributed by atoms with Crippen LogP contribution in [-0.2, 0) is 10.0 Å². The summed E-state index contributed by atoms with van der Waals surface area (Å²) in [5.41, 5.74) is 0.330. The minimum absolute atomic E-state index is 0.0718. The Morgan fingerprint density at radius 2 is 1.58 bits per heavy atom. The van der Waals surface area contributed by atoms with E-state index in [4.69, 9.17) is 0 Å². The molecular weight excluding hydrogens is 362 g/mol. The smallest absolute Gasteiger partial charge is 0.261 e. The minimum Gasteiger partial charge on any atom is -0.339 e. The summed E-state index contributed by atoms with van der Waals surface area (Å²) in [7, 11) is -3.97. The van der Waals surface area contributed by atoms with Crippen LogP contribution in [0.4, 0.5) is 14.5 Å². The Balaban J connectivity index is 1.76. The Bertz CT molecular complexity index is 909. The van der Waals surface area contributed by atoms with Crippen molar-refractivity contribution in [3.05, 3.63) is 59.7 Å². The van der Waals surface area contributed by atoms with Crippen molar-refractivity contribution in [2.75, 3.05) is 17.8 Å². The fourth-order valence-electron chi connectivity index (χ4n) is 2.83. The molecule has 0 spiro atoms. The lowest BCUT2D eigenvalue weighted by Crippen LogP contribution is -2.35. The topological polar surface area (TPSA) is 66.5 Å². The van der Waals surface area contributed by atoms with Crippen LogP contribution >= 0.6 is 0 Å². The third-order valence-corrected chi connectivity index (χ3v) is 5.62. The highest BCUT2D eigenvalue weighted by Gasteiger charge is 2.20. The largest absolute Gasteiger partial charge is 0.339 e. The van der Waals surface area contributed by atoms with Gasteiger partial charge in [0, 0.05) is 24.7 Å². The van der Waals surface area contributed by atoms with E-state index in [2.05, 4.69) is 4.72 Å². The molecule has 1 N–H and O–H groups in total. The van der Waals surface area contributed by atoms with E-state index in [9.17, 15) is 22.0 Å². The summed E-state index contributed by atoms with van der Waals surface area (Å²) in [5.74, 6) is -2.33. The molecule has 0 aliphatic carbocycles. The lowest BCUT2D eigenvalue weighted by molar-refractivity contribution is 0.0724. The van der Waals surface area contributed by atoms with Gasteiger partial charge in [0.2, 0.25) is 0 Å². The van der Waals surface area contributed by atoms with E-state index in [0.717, 1.165) is 37.5 Å². The van der Waals surface area contributed by atoms with Gasteiger partial charge >= 0.3 is 0 Å². The lowest BCUT2D eigenvalue weighted by atomic mass is 10.1. The van der Waals surface area contributed by atoms with E-state index >= 15 is 0 Å². The molecule has 0 bridgehead atoms. The van der Waals surface area contributed by atoms with Crippen molar-refractivity contribution in [3.8, 4) is 0 Å². The Kier molecular flexibility index (Phi) is 5.22. The van der Waals surface area contributed by atoms with Gasteiger partial charge in [-0.05, 0) is 55.7 Å². The Morgan fingerprint density at radius 1 is 0.923 bits per heavy atom. The standard InChI is InChI=1S/C18H18F2N2O3S/c19-16-9-6-14(12-17(16)20)21-26(24,25)15-7-4-13(5-8-15)18(23)22-10-2-1-3-11-22/h4-9,12,21H,1-3,10-11H2. The number of rotatable bonds is 4. The number of nitrogens with one attached hydrogen (secondary N) is 1. The zero-order valence-electron chi connectivity index (χ0n) is 13.9. The van der Waals surface area contributed by atoms with Gasteiger partial charge < -0.3 is 4.90 Å². The molecule has 8 heteroatoms. The normalized spacial score (nSPS) is 14.9. The van der Waals surface area contributed by atoms with Crippen molar-refractivity contribution in [2.24, 2.45) is 0 Å². The van der Waals surface area contributed by atoms with E-state index in [0.29, 0.717) is 18.7 Å². The number of hydrogen-bond acceptors (Lipinski definition) is 3. The maximum atomic E-state index is 13.2. The Morgan fingerprint density at radius 3 is 2.19 bits per heavy atom. The molecule has 5 nitrogen and oxygen atoms in total. The van der Waals surface area contributed by atoms with Gasteiger partial charge in [-0.3, -0.25) is 9.52 Å². The summed E-state index contributed by atoms with van der Waals surface area (Å²) in [6.45, 7) is 1.41. The van der Waals surface area contributed by atoms with Crippen molar-refractivity contribution in [2.45, 2.75) is 24.2 Å². The van der Waals surface area contributed by atoms with Crippen LogP contribution in [-0.4, -0.2) is 32.3 Å². The van der Waals surface area contributed by atoms with Gasteiger partial charge in [-0.1, -0.05) is 0 Å². The average Bonchev–Trinajstić information content (AvgIpc) is 2.65. The monoisotopic (exact) mass is 380 g/mol. The molecule has 0 saturated carbocycles. The number of carbonyl (C=O) groups excluding carboxylic acids is 1. The van der Waals surface area contributed by atoms with Crippen LogP contribution in [0.15, 0.2) is 47.4 Å². The molecule has 1 aliphatic rings. The highest BCUT2D eigenvalue weighted by molar-refractivity contribution is 7.92. The first-order valence-corrected chi connectivity index (χ1v) is 9.72. The van der Waals surface area contributed by atoms with E-state index in [1.807, 2.05) is 0 Å². The summed E-state index contributed by atoms with van der Waals surface area (Å²) >= 11 is 0. The van der Waals surface area contributed by atoms with Crippen LogP contribution in [0.5, 0.6) is 0 Å². The zero-order chi connectivity index (χ0) is 18.7. The van der Waals surface area contributed by atoms with Crippen molar-refractivity contribution in [1.29, 1.82) is 0 Å². The number of nitrogens with zero attached hydrogens (tertiary/aromatic N) is 1. The number of benzene rings is 2. The van der Waals surface area contributed by atoms with E-state index in [1.54, 1.807) is 4.90 Å². The van der Waals surface area contributed by atoms with Gasteiger partial charge in [0.15, 0.2) is 11.6 Å². The first kappa shape index (κ1) is 18.3. The third-order valence-electron chi connectivity index (χ3n) is 4.23. The first-order valence-electron chi connectivity index (χ1n) is 8.24. The summed E-state index contributed by atoms with van der Waals surface area (Å²) in [5, 5.41) is 0. The SMILES string of the molecule is O=C(c1ccc(S(=O)(=O)Nc2ccc(F)c(F)c2)cc1)N1CCCCC1. The second-order valence-corrected chi connectivity index (χ2v) is 7.79. The highest BCUT2D eigenvalue weighted by atomic mass is 32.2. The molecule has 1 saturated heterocycles. The van der Waals surface area contributed by atoms with Crippen LogP contribution in [0.25, 0.3) is 0 Å². The Labute approximate surface area is 150 Å². The molecule has 2 aromatic rings. The minimum atomic E-state index is -3.97. The van der Waals surface area contributed by atoms with Crippen molar-refractivity contribution in [1.82, 2.24) is 4.90 Å². The molecule has 1 heterocycles. The lowest BCUT2D eigenvalue weighted by Gasteiger charge is -2.26. The number of sulfonamides is 1. The predicted octanol–water partition coefficient (Wildman–Crippen LogP) is 3.39. The third kappa shape index (κ3) is 4.01. The number of anilines is 1. The number of likely N-dealkylation sites (tertiary alicyclic amines) is 1. The molecule has 1 fully saturated rings. The number of piperidine rings is 1. The number of hydrogen-bond donors (Lipinski definition) is 1. The molecule has 0 unspecified atom stereocenters. The van der Waals surface area contributed by atoms with Crippen LogP contribution in [0, 0.1) is 11.6 Å². The number of halogens is 2. The maximum Gasteiger partial charge on any atom is 0.261 e. The number of carbonyl (C=O) groups is 1. The van der Waals surface area contributed by atoms with Crippen LogP contribution in [0.3, 0.4) is 0 Å². The quantitative estimate of drug-likeness (QED) is 0.884. The molecule has 2 aromatic carbocycles. The molecule has 0 aromatic heterocycles. The van der Waals surface area contributed by atoms with Gasteiger partial charge in [-0.15, -0.1) is 0 Å². The van der Waals surface area contributed by atoms with E-state index in [-0.39, 0.29) is 16.5 Å². The average molecular weight is 380 g/mol. The van der Waals surface area contributed by atoms with E-state index < -0.39 is 21.7 Å². The second-order valence-electron chi connectivity index (χ2n) is 6.11. The number of amides is 1. The predicted molar refractivity (Wildman–Crippen MR) is 93.4 cm³/mol. The van der Waals surface area contributed by atoms with Crippen LogP contribution in [0.1, 0.15) is 29.6 Å². The molecule has 3 rings (SSSR count). The molecule has 0 atom stereocenters. The van der Waals surface area contributed by atoms with Gasteiger partial charge in [0.25, 0.3) is 15.9 Å². The molecule has 26 heavy (non-hydrogen) atoms. The zero-order valence-corrected chi connectivity index (χ0v) is 14.7. The summed E-state index contributed by atoms with van der Waals surface area (Å²) in [6, 6.07) is 8.28. The fourth-order valence-corrected chi connectivity index (χ4v) is 3.88. The maximum absolute atomic E-state index is 13.2. The molecule has 1 amide bonds. The Hall–Kier alpha value is -2.48. The first-order chi connectivity index (χ1) is 12.4. The fraction of sp³-hybridized carbons (Fsp3) is 0.278. The van der Waals surface area contributed by atoms with Crippen molar-refractivity contribution in [3.63, 3.8) is 0 Å². The summed E-state index contributed by atoms with van der Waals surface area (Å²) in [4.78, 5) is 14.1. The molecule has 0 radical (unpaired) electrons. The second kappa shape index (κ2) is 7.41. The molecule has 138 valence electrons. The van der Waals surface area contributed by atoms with Crippen LogP contribution < -0.4 is 4.72 Å². The van der Waals surface area contributed by atoms with Crippen LogP contribution in [0.2, 0.25) is 0 Å². The highest BCUT2D eigenvalue weighted by Crippen LogP contribution is 2.20. The van der Waals surface area contributed by atoms with Crippen molar-refractivity contribution < 1.29 is 22.0 Å². The van der Waals surface area contributed by atoms with Gasteiger partial charge in [0.1, 0.15) is 0 Å². The summed E-state index contributed by atoms with van der Waals surface area (Å²) < 4.78 is 53.1. The van der Waals surface area contributed by atoms with Gasteiger partial charge in [-0.25, -0.2) is 17.2 Å².